The fraction of sp³-hybridized carbons (Fsp3) is 0.500. The van der Waals surface area contributed by atoms with Gasteiger partial charge >= 0.3 is 0 Å². The maximum absolute atomic E-state index is 11.8. The zero-order chi connectivity index (χ0) is 26.9. The minimum Gasteiger partial charge on any atom is -0.351 e. The molecule has 1 aliphatic rings. The fourth-order valence-electron chi connectivity index (χ4n) is 3.64. The number of nitrogens with zero attached hydrogens (tertiary/aromatic N) is 4. The van der Waals surface area contributed by atoms with Crippen molar-refractivity contribution in [1.82, 2.24) is 19.7 Å². The molecule has 0 unspecified atom stereocenters. The van der Waals surface area contributed by atoms with Gasteiger partial charge in [0.15, 0.2) is 0 Å². The first kappa shape index (κ1) is 27.9. The molecule has 15 nitrogen and oxygen atoms in total. The van der Waals surface area contributed by atoms with Crippen LogP contribution in [0.1, 0.15) is 25.7 Å². The van der Waals surface area contributed by atoms with Crippen molar-refractivity contribution in [3.63, 3.8) is 0 Å². The first-order chi connectivity index (χ1) is 16.5. The lowest BCUT2D eigenvalue weighted by Crippen LogP contribution is -2.39. The van der Waals surface area contributed by atoms with Crippen LogP contribution in [0.5, 0.6) is 0 Å². The summed E-state index contributed by atoms with van der Waals surface area (Å²) in [4.78, 5) is 13.0. The van der Waals surface area contributed by atoms with Gasteiger partial charge in [0.2, 0.25) is 27.9 Å². The third kappa shape index (κ3) is 7.68. The molecule has 5 N–H and O–H groups in total. The summed E-state index contributed by atoms with van der Waals surface area (Å²) in [6.07, 6.45) is 3.56. The highest BCUT2D eigenvalue weighted by Crippen LogP contribution is 2.28. The number of nitrogens with one attached hydrogen (secondary N) is 3. The van der Waals surface area contributed by atoms with Crippen LogP contribution in [0.4, 0.5) is 23.5 Å². The normalized spacial score (nSPS) is 19.0. The van der Waals surface area contributed by atoms with Crippen LogP contribution in [-0.2, 0) is 30.3 Å². The van der Waals surface area contributed by atoms with Gasteiger partial charge in [0.05, 0.1) is 16.8 Å². The van der Waals surface area contributed by atoms with Gasteiger partial charge in [-0.15, -0.1) is 0 Å². The molecule has 2 aromatic rings. The third-order valence-corrected chi connectivity index (χ3v) is 7.76. The maximum atomic E-state index is 11.8. The fourth-order valence-corrected chi connectivity index (χ4v) is 5.61. The van der Waals surface area contributed by atoms with Gasteiger partial charge in [-0.3, -0.25) is 9.11 Å². The van der Waals surface area contributed by atoms with Gasteiger partial charge in [-0.05, 0) is 43.9 Å². The quantitative estimate of drug-likeness (QED) is 0.261. The van der Waals surface area contributed by atoms with Gasteiger partial charge in [0.1, 0.15) is 4.90 Å². The van der Waals surface area contributed by atoms with Crippen LogP contribution in [0, 0.1) is 0 Å². The molecule has 0 saturated heterocycles. The molecule has 1 aliphatic carbocycles. The maximum Gasteiger partial charge on any atom is 0.296 e. The first-order valence-corrected chi connectivity index (χ1v) is 15.3. The molecule has 1 fully saturated rings. The molecule has 0 aliphatic heterocycles. The summed E-state index contributed by atoms with van der Waals surface area (Å²) in [6, 6.07) is 2.21. The molecule has 0 radical (unpaired) electrons. The van der Waals surface area contributed by atoms with E-state index in [4.69, 9.17) is 0 Å². The van der Waals surface area contributed by atoms with Crippen molar-refractivity contribution in [1.29, 1.82) is 0 Å². The summed E-state index contributed by atoms with van der Waals surface area (Å²) < 4.78 is 91.1. The van der Waals surface area contributed by atoms with E-state index in [1.807, 2.05) is 0 Å². The number of hydrogen-bond acceptors (Lipinski definition) is 12. The number of anilines is 4. The zero-order valence-electron chi connectivity index (χ0n) is 19.6. The number of sulfonamides is 1. The largest absolute Gasteiger partial charge is 0.351 e. The standard InChI is InChI=1S/C18H27N7O8S3/c1-25(2)18-22-16(19-11-4-6-12(7-5-11)24-34(3,26)27)21-17(23-18)20-14-10-13(35(28,29)30)8-9-15(14)36(31,32)33/h8-12,24H,4-7H2,1-3H3,(H,28,29,30)(H,31,32,33)(H2,19,20,21,22,23). The van der Waals surface area contributed by atoms with Crippen molar-refractivity contribution in [2.75, 3.05) is 35.9 Å². The van der Waals surface area contributed by atoms with Crippen LogP contribution in [0.2, 0.25) is 0 Å². The molecule has 0 atom stereocenters. The minimum atomic E-state index is -4.78. The van der Waals surface area contributed by atoms with E-state index in [0.717, 1.165) is 24.5 Å². The van der Waals surface area contributed by atoms with Crippen LogP contribution in [0.15, 0.2) is 28.0 Å². The van der Waals surface area contributed by atoms with Crippen molar-refractivity contribution < 1.29 is 34.4 Å². The molecule has 1 saturated carbocycles. The number of hydrogen-bond donors (Lipinski definition) is 5. The van der Waals surface area contributed by atoms with Crippen molar-refractivity contribution in [2.24, 2.45) is 0 Å². The molecule has 3 rings (SSSR count). The molecule has 0 amide bonds. The van der Waals surface area contributed by atoms with E-state index in [0.29, 0.717) is 25.7 Å². The summed E-state index contributed by atoms with van der Waals surface area (Å²) in [5.74, 6) is 0.151. The van der Waals surface area contributed by atoms with Crippen molar-refractivity contribution in [3.05, 3.63) is 18.2 Å². The van der Waals surface area contributed by atoms with E-state index >= 15 is 0 Å². The van der Waals surface area contributed by atoms with Crippen molar-refractivity contribution >= 4 is 53.8 Å². The van der Waals surface area contributed by atoms with Crippen LogP contribution in [0.25, 0.3) is 0 Å². The predicted octanol–water partition coefficient (Wildman–Crippen LogP) is 0.447. The Morgan fingerprint density at radius 1 is 0.861 bits per heavy atom. The van der Waals surface area contributed by atoms with Gasteiger partial charge in [-0.25, -0.2) is 13.1 Å². The molecular formula is C18H27N7O8S3. The summed E-state index contributed by atoms with van der Waals surface area (Å²) in [6.45, 7) is 0. The highest BCUT2D eigenvalue weighted by molar-refractivity contribution is 7.88. The second kappa shape index (κ2) is 10.4. The Hall–Kier alpha value is -2.64. The number of rotatable bonds is 9. The lowest BCUT2D eigenvalue weighted by molar-refractivity contribution is 0.387. The van der Waals surface area contributed by atoms with Gasteiger partial charge in [-0.1, -0.05) is 0 Å². The Balaban J connectivity index is 1.89. The highest BCUT2D eigenvalue weighted by atomic mass is 32.2. The van der Waals surface area contributed by atoms with E-state index in [-0.39, 0.29) is 35.6 Å². The van der Waals surface area contributed by atoms with Crippen LogP contribution in [0.3, 0.4) is 0 Å². The summed E-state index contributed by atoms with van der Waals surface area (Å²) in [5.41, 5.74) is -0.387. The lowest BCUT2D eigenvalue weighted by Gasteiger charge is -2.29. The third-order valence-electron chi connectivity index (χ3n) is 5.24. The zero-order valence-corrected chi connectivity index (χ0v) is 22.0. The lowest BCUT2D eigenvalue weighted by atomic mass is 9.92. The molecule has 0 spiro atoms. The summed E-state index contributed by atoms with van der Waals surface area (Å²) >= 11 is 0. The van der Waals surface area contributed by atoms with E-state index in [9.17, 15) is 34.4 Å². The van der Waals surface area contributed by atoms with Gasteiger partial charge < -0.3 is 15.5 Å². The highest BCUT2D eigenvalue weighted by Gasteiger charge is 2.25. The van der Waals surface area contributed by atoms with E-state index in [1.54, 1.807) is 19.0 Å². The topological polar surface area (TPSA) is 221 Å². The first-order valence-electron chi connectivity index (χ1n) is 10.5. The Kier molecular flexibility index (Phi) is 8.06. The molecule has 18 heteroatoms. The Bertz CT molecular complexity index is 1440. The van der Waals surface area contributed by atoms with Gasteiger partial charge in [0.25, 0.3) is 20.2 Å². The van der Waals surface area contributed by atoms with Crippen LogP contribution < -0.4 is 20.3 Å². The molecule has 0 bridgehead atoms. The van der Waals surface area contributed by atoms with Crippen molar-refractivity contribution in [2.45, 2.75) is 47.6 Å². The van der Waals surface area contributed by atoms with Gasteiger partial charge in [-0.2, -0.15) is 31.8 Å². The SMILES string of the molecule is CN(C)c1nc(Nc2cc(S(=O)(=O)O)ccc2S(=O)(=O)O)nc(NC2CCC(NS(C)(=O)=O)CC2)n1. The predicted molar refractivity (Wildman–Crippen MR) is 131 cm³/mol. The van der Waals surface area contributed by atoms with E-state index in [1.165, 1.54) is 0 Å². The second-order valence-corrected chi connectivity index (χ2v) is 13.1. The van der Waals surface area contributed by atoms with Crippen LogP contribution >= 0.6 is 0 Å². The van der Waals surface area contributed by atoms with E-state index < -0.39 is 40.1 Å². The van der Waals surface area contributed by atoms with Gasteiger partial charge in [0, 0.05) is 26.2 Å². The van der Waals surface area contributed by atoms with E-state index in [2.05, 4.69) is 30.3 Å². The number of benzene rings is 1. The summed E-state index contributed by atoms with van der Waals surface area (Å²) in [7, 11) is -9.44. The Labute approximate surface area is 209 Å². The average molecular weight is 566 g/mol. The second-order valence-electron chi connectivity index (χ2n) is 8.49. The molecule has 1 heterocycles. The van der Waals surface area contributed by atoms with Crippen LogP contribution in [-0.4, -0.2) is 81.7 Å². The number of aromatic nitrogens is 3. The molecule has 36 heavy (non-hydrogen) atoms. The average Bonchev–Trinajstić information content (AvgIpc) is 2.72. The molecule has 200 valence electrons. The molecule has 1 aromatic carbocycles. The molecule has 1 aromatic heterocycles. The Morgan fingerprint density at radius 3 is 1.97 bits per heavy atom. The smallest absolute Gasteiger partial charge is 0.296 e. The Morgan fingerprint density at radius 2 is 1.44 bits per heavy atom. The molecular weight excluding hydrogens is 538 g/mol. The monoisotopic (exact) mass is 565 g/mol. The summed E-state index contributed by atoms with van der Waals surface area (Å²) in [5, 5.41) is 5.73. The van der Waals surface area contributed by atoms with Crippen molar-refractivity contribution in [3.8, 4) is 0 Å². The minimum absolute atomic E-state index is 0.0795.